The van der Waals surface area contributed by atoms with E-state index < -0.39 is 0 Å². The summed E-state index contributed by atoms with van der Waals surface area (Å²) in [6.07, 6.45) is 2.88. The fourth-order valence-electron chi connectivity index (χ4n) is 3.28. The van der Waals surface area contributed by atoms with Gasteiger partial charge in [-0.2, -0.15) is 0 Å². The lowest BCUT2D eigenvalue weighted by Gasteiger charge is -2.29. The molecular weight excluding hydrogens is 384 g/mol. The van der Waals surface area contributed by atoms with Crippen molar-refractivity contribution in [3.63, 3.8) is 0 Å². The molecule has 2 heterocycles. The molecule has 6 nitrogen and oxygen atoms in total. The standard InChI is InChI=1S/C22H30N4O2S/c1-27-21-8-6-19(7-9-21)17-24-22(29)26(18-20-5-2-3-10-23-20)12-4-11-25-13-15-28-16-14-25/h2-3,5-10H,4,11-18H2,1H3,(H,24,29). The number of methoxy groups -OCH3 is 1. The SMILES string of the molecule is COc1ccc(CNC(=S)N(CCCN2CCOCC2)Cc2ccccn2)cc1. The molecule has 0 radical (unpaired) electrons. The highest BCUT2D eigenvalue weighted by Crippen LogP contribution is 2.11. The van der Waals surface area contributed by atoms with E-state index in [0.717, 1.165) is 62.4 Å². The summed E-state index contributed by atoms with van der Waals surface area (Å²) in [6, 6.07) is 14.0. The fraction of sp³-hybridized carbons (Fsp3) is 0.455. The quantitative estimate of drug-likeness (QED) is 0.633. The third-order valence-electron chi connectivity index (χ3n) is 4.98. The monoisotopic (exact) mass is 414 g/mol. The average molecular weight is 415 g/mol. The number of nitrogens with one attached hydrogen (secondary N) is 1. The molecule has 1 fully saturated rings. The van der Waals surface area contributed by atoms with Gasteiger partial charge in [-0.05, 0) is 48.5 Å². The third kappa shape index (κ3) is 7.27. The van der Waals surface area contributed by atoms with E-state index in [-0.39, 0.29) is 0 Å². The first kappa shape index (κ1) is 21.5. The number of thiocarbonyl (C=S) groups is 1. The van der Waals surface area contributed by atoms with Crippen LogP contribution in [0.4, 0.5) is 0 Å². The minimum Gasteiger partial charge on any atom is -0.497 e. The number of nitrogens with zero attached hydrogens (tertiary/aromatic N) is 3. The molecule has 0 aliphatic carbocycles. The van der Waals surface area contributed by atoms with E-state index in [0.29, 0.717) is 13.1 Å². The number of benzene rings is 1. The van der Waals surface area contributed by atoms with Crippen LogP contribution in [-0.2, 0) is 17.8 Å². The molecule has 0 unspecified atom stereocenters. The highest BCUT2D eigenvalue weighted by molar-refractivity contribution is 7.80. The first-order valence-electron chi connectivity index (χ1n) is 10.1. The molecule has 3 rings (SSSR count). The van der Waals surface area contributed by atoms with Gasteiger partial charge in [-0.1, -0.05) is 18.2 Å². The van der Waals surface area contributed by atoms with Gasteiger partial charge in [0.1, 0.15) is 5.75 Å². The molecule has 29 heavy (non-hydrogen) atoms. The van der Waals surface area contributed by atoms with Crippen molar-refractivity contribution in [3.8, 4) is 5.75 Å². The molecular formula is C22H30N4O2S. The fourth-order valence-corrected chi connectivity index (χ4v) is 3.51. The van der Waals surface area contributed by atoms with Gasteiger partial charge < -0.3 is 19.7 Å². The van der Waals surface area contributed by atoms with Gasteiger partial charge in [-0.25, -0.2) is 0 Å². The van der Waals surface area contributed by atoms with Crippen LogP contribution in [0.5, 0.6) is 5.75 Å². The van der Waals surface area contributed by atoms with Crippen molar-refractivity contribution in [3.05, 3.63) is 59.9 Å². The highest BCUT2D eigenvalue weighted by Gasteiger charge is 2.14. The second-order valence-corrected chi connectivity index (χ2v) is 7.44. The van der Waals surface area contributed by atoms with Crippen LogP contribution in [0.2, 0.25) is 0 Å². The minimum absolute atomic E-state index is 0.686. The summed E-state index contributed by atoms with van der Waals surface area (Å²) in [5, 5.41) is 4.16. The lowest BCUT2D eigenvalue weighted by Crippen LogP contribution is -2.42. The van der Waals surface area contributed by atoms with Crippen molar-refractivity contribution in [1.82, 2.24) is 20.1 Å². The second kappa shape index (κ2) is 11.7. The summed E-state index contributed by atoms with van der Waals surface area (Å²) in [6.45, 7) is 7.04. The first-order chi connectivity index (χ1) is 14.2. The molecule has 1 N–H and O–H groups in total. The summed E-state index contributed by atoms with van der Waals surface area (Å²) in [5.41, 5.74) is 2.19. The minimum atomic E-state index is 0.686. The van der Waals surface area contributed by atoms with Gasteiger partial charge in [0, 0.05) is 38.9 Å². The summed E-state index contributed by atoms with van der Waals surface area (Å²) in [4.78, 5) is 9.13. The van der Waals surface area contributed by atoms with Gasteiger partial charge >= 0.3 is 0 Å². The molecule has 1 aliphatic heterocycles. The zero-order valence-corrected chi connectivity index (χ0v) is 17.9. The summed E-state index contributed by atoms with van der Waals surface area (Å²) >= 11 is 5.72. The average Bonchev–Trinajstić information content (AvgIpc) is 2.78. The molecule has 1 saturated heterocycles. The third-order valence-corrected chi connectivity index (χ3v) is 5.38. The predicted molar refractivity (Wildman–Crippen MR) is 119 cm³/mol. The van der Waals surface area contributed by atoms with Crippen LogP contribution in [0.25, 0.3) is 0 Å². The van der Waals surface area contributed by atoms with Crippen LogP contribution in [0, 0.1) is 0 Å². The van der Waals surface area contributed by atoms with Crippen molar-refractivity contribution < 1.29 is 9.47 Å². The molecule has 1 aromatic heterocycles. The van der Waals surface area contributed by atoms with E-state index in [9.17, 15) is 0 Å². The number of aromatic nitrogens is 1. The molecule has 0 bridgehead atoms. The van der Waals surface area contributed by atoms with Crippen LogP contribution < -0.4 is 10.1 Å². The summed E-state index contributed by atoms with van der Waals surface area (Å²) in [7, 11) is 1.68. The van der Waals surface area contributed by atoms with Crippen molar-refractivity contribution in [1.29, 1.82) is 0 Å². The van der Waals surface area contributed by atoms with Crippen LogP contribution in [0.1, 0.15) is 17.7 Å². The van der Waals surface area contributed by atoms with Crippen molar-refractivity contribution in [2.24, 2.45) is 0 Å². The lowest BCUT2D eigenvalue weighted by molar-refractivity contribution is 0.0367. The normalized spacial score (nSPS) is 14.4. The molecule has 1 aromatic carbocycles. The Hall–Kier alpha value is -2.22. The maximum atomic E-state index is 5.72. The molecule has 156 valence electrons. The number of hydrogen-bond donors (Lipinski definition) is 1. The number of pyridine rings is 1. The van der Waals surface area contributed by atoms with Gasteiger partial charge in [-0.3, -0.25) is 9.88 Å². The number of morpholine rings is 1. The smallest absolute Gasteiger partial charge is 0.169 e. The molecule has 0 amide bonds. The number of hydrogen-bond acceptors (Lipinski definition) is 5. The molecule has 2 aromatic rings. The molecule has 0 atom stereocenters. The van der Waals surface area contributed by atoms with E-state index in [2.05, 4.69) is 32.2 Å². The Bertz CT molecular complexity index is 736. The van der Waals surface area contributed by atoms with Crippen LogP contribution >= 0.6 is 12.2 Å². The molecule has 7 heteroatoms. The van der Waals surface area contributed by atoms with Gasteiger partial charge in [0.05, 0.1) is 32.6 Å². The Labute approximate surface area is 178 Å². The van der Waals surface area contributed by atoms with Crippen LogP contribution in [0.3, 0.4) is 0 Å². The Morgan fingerprint density at radius 1 is 1.21 bits per heavy atom. The molecule has 0 saturated carbocycles. The van der Waals surface area contributed by atoms with Crippen LogP contribution in [0.15, 0.2) is 48.7 Å². The zero-order chi connectivity index (χ0) is 20.3. The predicted octanol–water partition coefficient (Wildman–Crippen LogP) is 2.69. The van der Waals surface area contributed by atoms with E-state index in [1.54, 1.807) is 7.11 Å². The lowest BCUT2D eigenvalue weighted by atomic mass is 10.2. The Balaban J connectivity index is 1.54. The summed E-state index contributed by atoms with van der Waals surface area (Å²) in [5.74, 6) is 0.858. The van der Waals surface area contributed by atoms with Crippen molar-refractivity contribution >= 4 is 17.3 Å². The van der Waals surface area contributed by atoms with E-state index in [1.165, 1.54) is 5.56 Å². The Morgan fingerprint density at radius 3 is 2.69 bits per heavy atom. The number of ether oxygens (including phenoxy) is 2. The highest BCUT2D eigenvalue weighted by atomic mass is 32.1. The van der Waals surface area contributed by atoms with E-state index >= 15 is 0 Å². The Kier molecular flexibility index (Phi) is 8.67. The zero-order valence-electron chi connectivity index (χ0n) is 17.0. The van der Waals surface area contributed by atoms with Crippen molar-refractivity contribution in [2.45, 2.75) is 19.5 Å². The van der Waals surface area contributed by atoms with Gasteiger partial charge in [0.15, 0.2) is 5.11 Å². The van der Waals surface area contributed by atoms with Gasteiger partial charge in [0.2, 0.25) is 0 Å². The maximum Gasteiger partial charge on any atom is 0.169 e. The molecule has 0 spiro atoms. The van der Waals surface area contributed by atoms with Gasteiger partial charge in [-0.15, -0.1) is 0 Å². The topological polar surface area (TPSA) is 49.9 Å². The summed E-state index contributed by atoms with van der Waals surface area (Å²) < 4.78 is 10.7. The maximum absolute atomic E-state index is 5.72. The second-order valence-electron chi connectivity index (χ2n) is 7.06. The Morgan fingerprint density at radius 2 is 2.00 bits per heavy atom. The first-order valence-corrected chi connectivity index (χ1v) is 10.5. The van der Waals surface area contributed by atoms with E-state index in [4.69, 9.17) is 21.7 Å². The largest absolute Gasteiger partial charge is 0.497 e. The van der Waals surface area contributed by atoms with E-state index in [1.807, 2.05) is 36.5 Å². The number of rotatable bonds is 9. The van der Waals surface area contributed by atoms with Crippen molar-refractivity contribution in [2.75, 3.05) is 46.5 Å². The molecule has 1 aliphatic rings. The van der Waals surface area contributed by atoms with Crippen LogP contribution in [-0.4, -0.2) is 66.4 Å². The van der Waals surface area contributed by atoms with Gasteiger partial charge in [0.25, 0.3) is 0 Å².